The average Bonchev–Trinajstić information content (AvgIpc) is 2.60. The molecule has 0 aromatic heterocycles. The number of ether oxygens (including phenoxy) is 2. The number of halogens is 1. The summed E-state index contributed by atoms with van der Waals surface area (Å²) >= 11 is 0. The van der Waals surface area contributed by atoms with Crippen molar-refractivity contribution in [3.8, 4) is 11.5 Å². The first-order valence-electron chi connectivity index (χ1n) is 4.46. The number of hydrogen-bond acceptors (Lipinski definition) is 3. The molecule has 0 amide bonds. The van der Waals surface area contributed by atoms with Gasteiger partial charge in [0, 0.05) is 12.5 Å². The molecular formula is C10H9FO4. The molecule has 0 fully saturated rings. The number of aryl methyl sites for hydroxylation is 1. The molecule has 0 radical (unpaired) electrons. The molecule has 0 saturated heterocycles. The van der Waals surface area contributed by atoms with Gasteiger partial charge in [0.2, 0.25) is 6.79 Å². The van der Waals surface area contributed by atoms with E-state index in [9.17, 15) is 9.18 Å². The zero-order chi connectivity index (χ0) is 10.8. The first-order chi connectivity index (χ1) is 7.16. The number of carboxylic acid groups (broad SMARTS) is 1. The van der Waals surface area contributed by atoms with Crippen LogP contribution in [-0.4, -0.2) is 17.9 Å². The molecule has 15 heavy (non-hydrogen) atoms. The number of carboxylic acids is 1. The van der Waals surface area contributed by atoms with Gasteiger partial charge in [0.05, 0.1) is 0 Å². The van der Waals surface area contributed by atoms with Crippen molar-refractivity contribution >= 4 is 5.97 Å². The zero-order valence-corrected chi connectivity index (χ0v) is 7.83. The highest BCUT2D eigenvalue weighted by Gasteiger charge is 2.17. The van der Waals surface area contributed by atoms with Crippen molar-refractivity contribution < 1.29 is 23.8 Å². The molecular weight excluding hydrogens is 203 g/mol. The van der Waals surface area contributed by atoms with Gasteiger partial charge in [-0.25, -0.2) is 4.39 Å². The number of aliphatic carboxylic acids is 1. The molecule has 0 saturated carbocycles. The van der Waals surface area contributed by atoms with Gasteiger partial charge in [-0.1, -0.05) is 0 Å². The van der Waals surface area contributed by atoms with Crippen LogP contribution in [0.1, 0.15) is 12.0 Å². The number of benzene rings is 1. The number of carbonyl (C=O) groups is 1. The van der Waals surface area contributed by atoms with Crippen LogP contribution in [0.25, 0.3) is 0 Å². The summed E-state index contributed by atoms with van der Waals surface area (Å²) in [5.74, 6) is -0.573. The molecule has 4 nitrogen and oxygen atoms in total. The average molecular weight is 212 g/mol. The lowest BCUT2D eigenvalue weighted by Crippen LogP contribution is -1.99. The molecule has 0 spiro atoms. The van der Waals surface area contributed by atoms with Gasteiger partial charge in [0.1, 0.15) is 5.82 Å². The van der Waals surface area contributed by atoms with E-state index in [0.717, 1.165) is 0 Å². The van der Waals surface area contributed by atoms with Crippen LogP contribution < -0.4 is 9.47 Å². The van der Waals surface area contributed by atoms with Crippen LogP contribution >= 0.6 is 0 Å². The van der Waals surface area contributed by atoms with Gasteiger partial charge in [0.15, 0.2) is 11.5 Å². The third-order valence-corrected chi connectivity index (χ3v) is 2.15. The van der Waals surface area contributed by atoms with E-state index in [-0.39, 0.29) is 19.6 Å². The summed E-state index contributed by atoms with van der Waals surface area (Å²) in [6, 6.07) is 2.71. The maximum Gasteiger partial charge on any atom is 0.303 e. The number of hydrogen-bond donors (Lipinski definition) is 1. The lowest BCUT2D eigenvalue weighted by Gasteiger charge is -2.03. The Labute approximate surface area is 85.2 Å². The minimum atomic E-state index is -0.952. The summed E-state index contributed by atoms with van der Waals surface area (Å²) < 4.78 is 23.4. The molecule has 5 heteroatoms. The van der Waals surface area contributed by atoms with E-state index in [0.29, 0.717) is 17.1 Å². The predicted molar refractivity (Wildman–Crippen MR) is 48.5 cm³/mol. The van der Waals surface area contributed by atoms with Gasteiger partial charge < -0.3 is 14.6 Å². The summed E-state index contributed by atoms with van der Waals surface area (Å²) in [5.41, 5.74) is 0.335. The Hall–Kier alpha value is -1.78. The van der Waals surface area contributed by atoms with E-state index >= 15 is 0 Å². The van der Waals surface area contributed by atoms with Crippen LogP contribution in [0.15, 0.2) is 12.1 Å². The third kappa shape index (κ3) is 2.01. The van der Waals surface area contributed by atoms with E-state index in [2.05, 4.69) is 0 Å². The van der Waals surface area contributed by atoms with Crippen molar-refractivity contribution in [1.82, 2.24) is 0 Å². The van der Waals surface area contributed by atoms with Crippen molar-refractivity contribution in [2.24, 2.45) is 0 Å². The Bertz CT molecular complexity index is 403. The highest BCUT2D eigenvalue weighted by molar-refractivity contribution is 5.67. The van der Waals surface area contributed by atoms with Crippen LogP contribution in [-0.2, 0) is 11.2 Å². The van der Waals surface area contributed by atoms with Crippen molar-refractivity contribution in [1.29, 1.82) is 0 Å². The van der Waals surface area contributed by atoms with Crippen LogP contribution in [0, 0.1) is 5.82 Å². The van der Waals surface area contributed by atoms with Gasteiger partial charge in [0.25, 0.3) is 0 Å². The van der Waals surface area contributed by atoms with Gasteiger partial charge in [-0.3, -0.25) is 4.79 Å². The summed E-state index contributed by atoms with van der Waals surface area (Å²) in [7, 11) is 0. The SMILES string of the molecule is O=C(O)CCc1cc2c(cc1F)OCO2. The molecule has 80 valence electrons. The largest absolute Gasteiger partial charge is 0.481 e. The summed E-state index contributed by atoms with van der Waals surface area (Å²) in [5, 5.41) is 8.48. The van der Waals surface area contributed by atoms with E-state index in [1.165, 1.54) is 12.1 Å². The molecule has 1 aromatic rings. The van der Waals surface area contributed by atoms with Crippen LogP contribution in [0.4, 0.5) is 4.39 Å². The van der Waals surface area contributed by atoms with E-state index in [1.54, 1.807) is 0 Å². The molecule has 0 aliphatic carbocycles. The van der Waals surface area contributed by atoms with E-state index in [1.807, 2.05) is 0 Å². The number of rotatable bonds is 3. The second kappa shape index (κ2) is 3.76. The Morgan fingerprint density at radius 1 is 1.40 bits per heavy atom. The summed E-state index contributed by atoms with van der Waals surface area (Å²) in [4.78, 5) is 10.3. The zero-order valence-electron chi connectivity index (χ0n) is 7.83. The Morgan fingerprint density at radius 2 is 2.07 bits per heavy atom. The van der Waals surface area contributed by atoms with Crippen molar-refractivity contribution in [2.45, 2.75) is 12.8 Å². The Morgan fingerprint density at radius 3 is 2.73 bits per heavy atom. The van der Waals surface area contributed by atoms with E-state index < -0.39 is 11.8 Å². The van der Waals surface area contributed by atoms with Gasteiger partial charge in [-0.2, -0.15) is 0 Å². The minimum absolute atomic E-state index is 0.0805. The Kier molecular flexibility index (Phi) is 2.45. The number of fused-ring (bicyclic) bond motifs is 1. The standard InChI is InChI=1S/C10H9FO4/c11-7-4-9-8(14-5-15-9)3-6(7)1-2-10(12)13/h3-4H,1-2,5H2,(H,12,13). The van der Waals surface area contributed by atoms with E-state index in [4.69, 9.17) is 14.6 Å². The second-order valence-corrected chi connectivity index (χ2v) is 3.19. The van der Waals surface area contributed by atoms with Crippen molar-refractivity contribution in [3.05, 3.63) is 23.5 Å². The normalized spacial score (nSPS) is 12.9. The minimum Gasteiger partial charge on any atom is -0.481 e. The summed E-state index contributed by atoms with van der Waals surface area (Å²) in [6.45, 7) is 0.0805. The Balaban J connectivity index is 2.21. The van der Waals surface area contributed by atoms with Crippen LogP contribution in [0.2, 0.25) is 0 Å². The predicted octanol–water partition coefficient (Wildman–Crippen LogP) is 1.57. The maximum atomic E-state index is 13.4. The molecule has 0 bridgehead atoms. The fourth-order valence-corrected chi connectivity index (χ4v) is 1.39. The third-order valence-electron chi connectivity index (χ3n) is 2.15. The molecule has 1 N–H and O–H groups in total. The smallest absolute Gasteiger partial charge is 0.303 e. The highest BCUT2D eigenvalue weighted by Crippen LogP contribution is 2.34. The quantitative estimate of drug-likeness (QED) is 0.826. The first-order valence-corrected chi connectivity index (χ1v) is 4.46. The lowest BCUT2D eigenvalue weighted by molar-refractivity contribution is -0.136. The molecule has 1 heterocycles. The monoisotopic (exact) mass is 212 g/mol. The molecule has 1 aliphatic rings. The fraction of sp³-hybridized carbons (Fsp3) is 0.300. The lowest BCUT2D eigenvalue weighted by atomic mass is 10.1. The second-order valence-electron chi connectivity index (χ2n) is 3.19. The van der Waals surface area contributed by atoms with Crippen LogP contribution in [0.5, 0.6) is 11.5 Å². The van der Waals surface area contributed by atoms with Gasteiger partial charge in [-0.15, -0.1) is 0 Å². The topological polar surface area (TPSA) is 55.8 Å². The highest BCUT2D eigenvalue weighted by atomic mass is 19.1. The first kappa shape index (κ1) is 9.76. The van der Waals surface area contributed by atoms with Crippen molar-refractivity contribution in [2.75, 3.05) is 6.79 Å². The fourth-order valence-electron chi connectivity index (χ4n) is 1.39. The summed E-state index contributed by atoms with van der Waals surface area (Å²) in [6.07, 6.45) is 0.0500. The maximum absolute atomic E-state index is 13.4. The molecule has 1 aliphatic heterocycles. The molecule has 1 aromatic carbocycles. The molecule has 2 rings (SSSR count). The van der Waals surface area contributed by atoms with Crippen LogP contribution in [0.3, 0.4) is 0 Å². The van der Waals surface area contributed by atoms with Gasteiger partial charge in [-0.05, 0) is 18.1 Å². The van der Waals surface area contributed by atoms with Crippen molar-refractivity contribution in [3.63, 3.8) is 0 Å². The molecule has 0 unspecified atom stereocenters. The molecule has 0 atom stereocenters. The van der Waals surface area contributed by atoms with Gasteiger partial charge >= 0.3 is 5.97 Å².